The number of fused-ring (bicyclic) bond motifs is 1. The molecule has 8 nitrogen and oxygen atoms in total. The standard InChI is InChI=1S/C21H21FN6O2/c1-11(2)24-15-8-23-21-27-18(10-28(21)9-15)16-7-14(5-6-17(16)22)26-20(29)19-12(3)25-13(4)30-19/h5-11,24H,1-4H3,(H,26,29). The SMILES string of the molecule is Cc1nc(C)c(C(=O)Nc2ccc(F)c(-c3cn4cc(NC(C)C)cnc4n3)c2)o1. The number of nitrogens with one attached hydrogen (secondary N) is 2. The maximum Gasteiger partial charge on any atom is 0.293 e. The normalized spacial score (nSPS) is 11.3. The molecule has 0 unspecified atom stereocenters. The molecule has 0 bridgehead atoms. The summed E-state index contributed by atoms with van der Waals surface area (Å²) in [6.45, 7) is 7.41. The summed E-state index contributed by atoms with van der Waals surface area (Å²) in [4.78, 5) is 25.3. The first-order chi connectivity index (χ1) is 14.3. The van der Waals surface area contributed by atoms with Crippen LogP contribution in [0.15, 0.2) is 41.2 Å². The van der Waals surface area contributed by atoms with Crippen LogP contribution in [0.5, 0.6) is 0 Å². The van der Waals surface area contributed by atoms with E-state index in [1.165, 1.54) is 18.2 Å². The highest BCUT2D eigenvalue weighted by molar-refractivity contribution is 6.03. The Bertz CT molecular complexity index is 1240. The Labute approximate surface area is 172 Å². The number of carbonyl (C=O) groups excluding carboxylic acids is 1. The molecule has 4 rings (SSSR count). The minimum atomic E-state index is -0.455. The highest BCUT2D eigenvalue weighted by Crippen LogP contribution is 2.26. The summed E-state index contributed by atoms with van der Waals surface area (Å²) in [5, 5.41) is 5.98. The molecule has 9 heteroatoms. The molecule has 2 N–H and O–H groups in total. The fourth-order valence-corrected chi connectivity index (χ4v) is 3.15. The quantitative estimate of drug-likeness (QED) is 0.513. The molecule has 4 aromatic rings. The van der Waals surface area contributed by atoms with Crippen LogP contribution in [0.4, 0.5) is 15.8 Å². The van der Waals surface area contributed by atoms with Crippen LogP contribution < -0.4 is 10.6 Å². The predicted molar refractivity (Wildman–Crippen MR) is 111 cm³/mol. The molecule has 0 saturated carbocycles. The van der Waals surface area contributed by atoms with Crippen molar-refractivity contribution in [2.24, 2.45) is 0 Å². The molecular weight excluding hydrogens is 387 g/mol. The monoisotopic (exact) mass is 408 g/mol. The topological polar surface area (TPSA) is 97.4 Å². The van der Waals surface area contributed by atoms with Gasteiger partial charge in [0.05, 0.1) is 23.3 Å². The number of rotatable bonds is 5. The van der Waals surface area contributed by atoms with Crippen molar-refractivity contribution in [3.05, 3.63) is 60.0 Å². The number of hydrogen-bond acceptors (Lipinski definition) is 6. The van der Waals surface area contributed by atoms with Gasteiger partial charge in [0.2, 0.25) is 11.5 Å². The van der Waals surface area contributed by atoms with Gasteiger partial charge in [-0.15, -0.1) is 0 Å². The Morgan fingerprint density at radius 3 is 2.67 bits per heavy atom. The van der Waals surface area contributed by atoms with Crippen LogP contribution in [0, 0.1) is 19.7 Å². The van der Waals surface area contributed by atoms with Gasteiger partial charge in [0.15, 0.2) is 5.89 Å². The number of anilines is 2. The Morgan fingerprint density at radius 1 is 1.17 bits per heavy atom. The summed E-state index contributed by atoms with van der Waals surface area (Å²) in [6, 6.07) is 4.54. The lowest BCUT2D eigenvalue weighted by Crippen LogP contribution is -2.12. The average molecular weight is 408 g/mol. The van der Waals surface area contributed by atoms with Crippen molar-refractivity contribution in [3.8, 4) is 11.3 Å². The second kappa shape index (κ2) is 7.58. The first-order valence-corrected chi connectivity index (χ1v) is 9.47. The van der Waals surface area contributed by atoms with E-state index in [4.69, 9.17) is 4.42 Å². The number of benzene rings is 1. The largest absolute Gasteiger partial charge is 0.436 e. The number of imidazole rings is 1. The molecule has 1 amide bonds. The van der Waals surface area contributed by atoms with Crippen LogP contribution in [0.3, 0.4) is 0 Å². The van der Waals surface area contributed by atoms with E-state index in [-0.39, 0.29) is 17.4 Å². The molecule has 0 spiro atoms. The van der Waals surface area contributed by atoms with Gasteiger partial charge in [0, 0.05) is 36.6 Å². The van der Waals surface area contributed by atoms with E-state index < -0.39 is 11.7 Å². The molecule has 0 aliphatic carbocycles. The smallest absolute Gasteiger partial charge is 0.293 e. The third-order valence-corrected chi connectivity index (χ3v) is 4.38. The summed E-state index contributed by atoms with van der Waals surface area (Å²) >= 11 is 0. The molecule has 30 heavy (non-hydrogen) atoms. The first-order valence-electron chi connectivity index (χ1n) is 9.47. The Morgan fingerprint density at radius 2 is 1.97 bits per heavy atom. The van der Waals surface area contributed by atoms with E-state index in [9.17, 15) is 9.18 Å². The molecule has 1 aromatic carbocycles. The zero-order valence-electron chi connectivity index (χ0n) is 17.0. The van der Waals surface area contributed by atoms with Crippen molar-refractivity contribution in [1.82, 2.24) is 19.4 Å². The van der Waals surface area contributed by atoms with Crippen LogP contribution in [0.1, 0.15) is 36.0 Å². The maximum absolute atomic E-state index is 14.5. The number of hydrogen-bond donors (Lipinski definition) is 2. The number of carbonyl (C=O) groups is 1. The minimum absolute atomic E-state index is 0.125. The van der Waals surface area contributed by atoms with Crippen molar-refractivity contribution < 1.29 is 13.6 Å². The molecule has 3 heterocycles. The van der Waals surface area contributed by atoms with Crippen LogP contribution in [0.2, 0.25) is 0 Å². The van der Waals surface area contributed by atoms with Gasteiger partial charge < -0.3 is 15.1 Å². The van der Waals surface area contributed by atoms with Crippen molar-refractivity contribution >= 4 is 23.1 Å². The molecule has 154 valence electrons. The summed E-state index contributed by atoms with van der Waals surface area (Å²) in [5.74, 6) is 0.0673. The van der Waals surface area contributed by atoms with Gasteiger partial charge in [-0.25, -0.2) is 19.3 Å². The molecule has 0 saturated heterocycles. The van der Waals surface area contributed by atoms with Crippen molar-refractivity contribution in [2.75, 3.05) is 10.6 Å². The lowest BCUT2D eigenvalue weighted by molar-refractivity contribution is 0.0994. The first kappa shape index (κ1) is 19.6. The van der Waals surface area contributed by atoms with E-state index in [0.29, 0.717) is 28.7 Å². The highest BCUT2D eigenvalue weighted by atomic mass is 19.1. The number of aryl methyl sites for hydroxylation is 2. The fraction of sp³-hybridized carbons (Fsp3) is 0.238. The minimum Gasteiger partial charge on any atom is -0.436 e. The number of aromatic nitrogens is 4. The third-order valence-electron chi connectivity index (χ3n) is 4.38. The zero-order valence-corrected chi connectivity index (χ0v) is 17.0. The molecule has 0 aliphatic rings. The van der Waals surface area contributed by atoms with Crippen LogP contribution in [-0.2, 0) is 0 Å². The van der Waals surface area contributed by atoms with Gasteiger partial charge in [-0.3, -0.25) is 9.20 Å². The molecule has 3 aromatic heterocycles. The van der Waals surface area contributed by atoms with Gasteiger partial charge in [-0.05, 0) is 39.0 Å². The van der Waals surface area contributed by atoms with Crippen molar-refractivity contribution in [1.29, 1.82) is 0 Å². The molecule has 0 atom stereocenters. The number of amides is 1. The number of nitrogens with zero attached hydrogens (tertiary/aromatic N) is 4. The van der Waals surface area contributed by atoms with E-state index in [1.807, 2.05) is 20.0 Å². The third kappa shape index (κ3) is 3.86. The van der Waals surface area contributed by atoms with E-state index in [2.05, 4.69) is 25.6 Å². The fourth-order valence-electron chi connectivity index (χ4n) is 3.15. The highest BCUT2D eigenvalue weighted by Gasteiger charge is 2.18. The average Bonchev–Trinajstić information content (AvgIpc) is 3.24. The number of oxazole rings is 1. The molecule has 0 aliphatic heterocycles. The zero-order chi connectivity index (χ0) is 21.4. The maximum atomic E-state index is 14.5. The molecule has 0 fully saturated rings. The second-order valence-corrected chi connectivity index (χ2v) is 7.27. The summed E-state index contributed by atoms with van der Waals surface area (Å²) in [7, 11) is 0. The lowest BCUT2D eigenvalue weighted by Gasteiger charge is -2.08. The predicted octanol–water partition coefficient (Wildman–Crippen LogP) is 4.21. The number of halogens is 1. The molecule has 0 radical (unpaired) electrons. The Hall–Kier alpha value is -3.75. The van der Waals surface area contributed by atoms with Crippen molar-refractivity contribution in [2.45, 2.75) is 33.7 Å². The van der Waals surface area contributed by atoms with E-state index in [1.54, 1.807) is 30.6 Å². The van der Waals surface area contributed by atoms with Gasteiger partial charge in [-0.1, -0.05) is 0 Å². The molecular formula is C21H21FN6O2. The van der Waals surface area contributed by atoms with E-state index >= 15 is 0 Å². The van der Waals surface area contributed by atoms with Crippen LogP contribution in [-0.4, -0.2) is 31.3 Å². The lowest BCUT2D eigenvalue weighted by atomic mass is 10.1. The van der Waals surface area contributed by atoms with Gasteiger partial charge >= 0.3 is 0 Å². The van der Waals surface area contributed by atoms with Gasteiger partial charge in [0.25, 0.3) is 5.91 Å². The van der Waals surface area contributed by atoms with Crippen LogP contribution >= 0.6 is 0 Å². The second-order valence-electron chi connectivity index (χ2n) is 7.27. The summed E-state index contributed by atoms with van der Waals surface area (Å²) in [6.07, 6.45) is 5.22. The van der Waals surface area contributed by atoms with Gasteiger partial charge in [0.1, 0.15) is 5.82 Å². The summed E-state index contributed by atoms with van der Waals surface area (Å²) < 4.78 is 21.6. The Kier molecular flexibility index (Phi) is 4.94. The Balaban J connectivity index is 1.64. The van der Waals surface area contributed by atoms with Crippen LogP contribution in [0.25, 0.3) is 17.0 Å². The summed E-state index contributed by atoms with van der Waals surface area (Å²) in [5.41, 5.74) is 2.40. The van der Waals surface area contributed by atoms with Gasteiger partial charge in [-0.2, -0.15) is 0 Å². The van der Waals surface area contributed by atoms with Crippen molar-refractivity contribution in [3.63, 3.8) is 0 Å². The van der Waals surface area contributed by atoms with E-state index in [0.717, 1.165) is 5.69 Å².